The van der Waals surface area contributed by atoms with E-state index in [1.807, 2.05) is 0 Å². The summed E-state index contributed by atoms with van der Waals surface area (Å²) in [5.74, 6) is -0.406. The quantitative estimate of drug-likeness (QED) is 0.664. The average Bonchev–Trinajstić information content (AvgIpc) is 3.19. The lowest BCUT2D eigenvalue weighted by molar-refractivity contribution is 0.0694. The summed E-state index contributed by atoms with van der Waals surface area (Å²) in [5, 5.41) is 23.6. The van der Waals surface area contributed by atoms with Crippen LogP contribution in [0.25, 0.3) is 0 Å². The van der Waals surface area contributed by atoms with Crippen LogP contribution >= 0.6 is 0 Å². The summed E-state index contributed by atoms with van der Waals surface area (Å²) in [6, 6.07) is 3.54. The van der Waals surface area contributed by atoms with Gasteiger partial charge in [0.15, 0.2) is 0 Å². The summed E-state index contributed by atoms with van der Waals surface area (Å²) in [6.07, 6.45) is 2.46. The number of nitrogens with one attached hydrogen (secondary N) is 2. The summed E-state index contributed by atoms with van der Waals surface area (Å²) in [6.45, 7) is 2.71. The Bertz CT molecular complexity index is 526. The lowest BCUT2D eigenvalue weighted by Crippen LogP contribution is -2.32. The van der Waals surface area contributed by atoms with Crippen molar-refractivity contribution in [2.45, 2.75) is 19.8 Å². The third kappa shape index (κ3) is 3.63. The van der Waals surface area contributed by atoms with Gasteiger partial charge < -0.3 is 20.8 Å². The highest BCUT2D eigenvalue weighted by atomic mass is 16.4. The van der Waals surface area contributed by atoms with E-state index in [0.717, 1.165) is 0 Å². The Morgan fingerprint density at radius 1 is 1.40 bits per heavy atom. The molecule has 1 unspecified atom stereocenters. The second-order valence-electron chi connectivity index (χ2n) is 5.19. The highest BCUT2D eigenvalue weighted by Crippen LogP contribution is 2.36. The Kier molecular flexibility index (Phi) is 4.12. The first-order valence-electron chi connectivity index (χ1n) is 6.58. The van der Waals surface area contributed by atoms with Gasteiger partial charge in [0.25, 0.3) is 0 Å². The summed E-state index contributed by atoms with van der Waals surface area (Å²) in [5.41, 5.74) is 0.155. The molecule has 6 heteroatoms. The van der Waals surface area contributed by atoms with Gasteiger partial charge in [0.1, 0.15) is 11.3 Å². The molecule has 0 radical (unpaired) electrons. The van der Waals surface area contributed by atoms with E-state index >= 15 is 0 Å². The molecular formula is C14H18N2O4. The molecule has 1 aliphatic carbocycles. The number of carbonyl (C=O) groups is 2. The number of carboxylic acids is 1. The molecule has 0 bridgehead atoms. The number of benzene rings is 1. The van der Waals surface area contributed by atoms with E-state index < -0.39 is 5.97 Å². The summed E-state index contributed by atoms with van der Waals surface area (Å²) in [7, 11) is 0. The van der Waals surface area contributed by atoms with Crippen LogP contribution in [0.5, 0.6) is 5.75 Å². The van der Waals surface area contributed by atoms with Gasteiger partial charge in [0.05, 0.1) is 0 Å². The fraction of sp³-hybridized carbons (Fsp3) is 0.429. The third-order valence-electron chi connectivity index (χ3n) is 3.50. The number of amides is 2. The predicted octanol–water partition coefficient (Wildman–Crippen LogP) is 2.26. The lowest BCUT2D eigenvalue weighted by Gasteiger charge is -2.12. The van der Waals surface area contributed by atoms with Gasteiger partial charge in [-0.05, 0) is 36.8 Å². The summed E-state index contributed by atoms with van der Waals surface area (Å²) >= 11 is 0. The molecule has 0 saturated heterocycles. The zero-order chi connectivity index (χ0) is 14.7. The molecule has 6 nitrogen and oxygen atoms in total. The summed E-state index contributed by atoms with van der Waals surface area (Å²) < 4.78 is 0. The molecular weight excluding hydrogens is 260 g/mol. The monoisotopic (exact) mass is 278 g/mol. The van der Waals surface area contributed by atoms with Crippen molar-refractivity contribution in [3.05, 3.63) is 23.8 Å². The van der Waals surface area contributed by atoms with Gasteiger partial charge in [0, 0.05) is 18.3 Å². The Morgan fingerprint density at radius 3 is 2.65 bits per heavy atom. The van der Waals surface area contributed by atoms with E-state index in [1.54, 1.807) is 0 Å². The highest BCUT2D eigenvalue weighted by molar-refractivity contribution is 5.93. The largest absolute Gasteiger partial charge is 0.507 e. The molecule has 1 aromatic carbocycles. The van der Waals surface area contributed by atoms with E-state index in [4.69, 9.17) is 5.11 Å². The van der Waals surface area contributed by atoms with E-state index in [0.29, 0.717) is 24.1 Å². The van der Waals surface area contributed by atoms with E-state index in [2.05, 4.69) is 17.6 Å². The predicted molar refractivity (Wildman–Crippen MR) is 74.0 cm³/mol. The number of carbonyl (C=O) groups excluding carboxylic acids is 1. The Labute approximate surface area is 116 Å². The van der Waals surface area contributed by atoms with Crippen molar-refractivity contribution in [1.82, 2.24) is 5.32 Å². The minimum absolute atomic E-state index is 0.196. The Hall–Kier alpha value is -2.24. The summed E-state index contributed by atoms with van der Waals surface area (Å²) in [4.78, 5) is 22.4. The molecule has 108 valence electrons. The van der Waals surface area contributed by atoms with E-state index in [9.17, 15) is 14.7 Å². The molecule has 4 N–H and O–H groups in total. The molecule has 1 aromatic rings. The first-order chi connectivity index (χ1) is 9.47. The van der Waals surface area contributed by atoms with Crippen LogP contribution in [0.15, 0.2) is 18.2 Å². The Morgan fingerprint density at radius 2 is 2.10 bits per heavy atom. The van der Waals surface area contributed by atoms with Crippen LogP contribution in [0, 0.1) is 11.8 Å². The number of aromatic hydroxyl groups is 1. The van der Waals surface area contributed by atoms with Crippen LogP contribution in [0.4, 0.5) is 10.5 Å². The van der Waals surface area contributed by atoms with Crippen LogP contribution in [-0.2, 0) is 0 Å². The third-order valence-corrected chi connectivity index (χ3v) is 3.50. The lowest BCUT2D eigenvalue weighted by atomic mass is 10.1. The maximum Gasteiger partial charge on any atom is 0.339 e. The van der Waals surface area contributed by atoms with E-state index in [1.165, 1.54) is 31.0 Å². The number of urea groups is 1. The van der Waals surface area contributed by atoms with Gasteiger partial charge in [0.2, 0.25) is 0 Å². The highest BCUT2D eigenvalue weighted by Gasteiger charge is 2.27. The number of anilines is 1. The first kappa shape index (κ1) is 14.2. The van der Waals surface area contributed by atoms with Crippen LogP contribution in [0.1, 0.15) is 30.1 Å². The topological polar surface area (TPSA) is 98.7 Å². The molecule has 0 aliphatic heterocycles. The zero-order valence-corrected chi connectivity index (χ0v) is 11.2. The number of hydrogen-bond acceptors (Lipinski definition) is 3. The van der Waals surface area contributed by atoms with Crippen LogP contribution in [0.3, 0.4) is 0 Å². The minimum Gasteiger partial charge on any atom is -0.507 e. The van der Waals surface area contributed by atoms with Crippen molar-refractivity contribution in [3.8, 4) is 5.75 Å². The molecule has 2 amide bonds. The SMILES string of the molecule is CC(CNC(=O)Nc1ccc(C(=O)O)c(O)c1)C1CC1. The minimum atomic E-state index is -1.21. The van der Waals surface area contributed by atoms with Gasteiger partial charge in [-0.1, -0.05) is 6.92 Å². The van der Waals surface area contributed by atoms with Gasteiger partial charge >= 0.3 is 12.0 Å². The van der Waals surface area contributed by atoms with Crippen molar-refractivity contribution in [2.24, 2.45) is 11.8 Å². The normalized spacial score (nSPS) is 15.4. The molecule has 0 heterocycles. The van der Waals surface area contributed by atoms with Gasteiger partial charge in [-0.2, -0.15) is 0 Å². The maximum atomic E-state index is 11.7. The number of aromatic carboxylic acids is 1. The molecule has 1 aliphatic rings. The number of rotatable bonds is 5. The van der Waals surface area contributed by atoms with Gasteiger partial charge in [-0.25, -0.2) is 9.59 Å². The fourth-order valence-corrected chi connectivity index (χ4v) is 2.05. The fourth-order valence-electron chi connectivity index (χ4n) is 2.05. The Balaban J connectivity index is 1.87. The van der Waals surface area contributed by atoms with Gasteiger partial charge in [-0.3, -0.25) is 0 Å². The second kappa shape index (κ2) is 5.81. The van der Waals surface area contributed by atoms with Crippen LogP contribution < -0.4 is 10.6 Å². The number of carboxylic acid groups (broad SMARTS) is 1. The molecule has 0 spiro atoms. The smallest absolute Gasteiger partial charge is 0.339 e. The first-order valence-corrected chi connectivity index (χ1v) is 6.58. The maximum absolute atomic E-state index is 11.7. The van der Waals surface area contributed by atoms with Crippen LogP contribution in [0.2, 0.25) is 0 Å². The molecule has 1 saturated carbocycles. The van der Waals surface area contributed by atoms with Crippen molar-refractivity contribution >= 4 is 17.7 Å². The average molecular weight is 278 g/mol. The number of phenols is 1. The molecule has 20 heavy (non-hydrogen) atoms. The van der Waals surface area contributed by atoms with Gasteiger partial charge in [-0.15, -0.1) is 0 Å². The van der Waals surface area contributed by atoms with Crippen LogP contribution in [-0.4, -0.2) is 28.8 Å². The second-order valence-corrected chi connectivity index (χ2v) is 5.19. The molecule has 1 fully saturated rings. The van der Waals surface area contributed by atoms with Crippen molar-refractivity contribution in [1.29, 1.82) is 0 Å². The number of hydrogen-bond donors (Lipinski definition) is 4. The zero-order valence-electron chi connectivity index (χ0n) is 11.2. The van der Waals surface area contributed by atoms with Crippen molar-refractivity contribution in [3.63, 3.8) is 0 Å². The molecule has 2 rings (SSSR count). The van der Waals surface area contributed by atoms with Crippen molar-refractivity contribution < 1.29 is 19.8 Å². The molecule has 1 atom stereocenters. The van der Waals surface area contributed by atoms with Crippen molar-refractivity contribution in [2.75, 3.05) is 11.9 Å². The standard InChI is InChI=1S/C14H18N2O4/c1-8(9-2-3-9)7-15-14(20)16-10-4-5-11(13(18)19)12(17)6-10/h4-6,8-9,17H,2-3,7H2,1H3,(H,18,19)(H2,15,16,20). The molecule has 0 aromatic heterocycles. The van der Waals surface area contributed by atoms with E-state index in [-0.39, 0.29) is 17.3 Å².